The van der Waals surface area contributed by atoms with E-state index in [9.17, 15) is 14.9 Å². The van der Waals surface area contributed by atoms with E-state index in [1.807, 2.05) is 30.3 Å². The van der Waals surface area contributed by atoms with E-state index >= 15 is 0 Å². The lowest BCUT2D eigenvalue weighted by molar-refractivity contribution is -0.123. The fraction of sp³-hybridized carbons (Fsp3) is 0.350. The summed E-state index contributed by atoms with van der Waals surface area (Å²) in [6.07, 6.45) is 3.13. The van der Waals surface area contributed by atoms with Gasteiger partial charge in [-0.15, -0.1) is 0 Å². The molecule has 1 heterocycles. The van der Waals surface area contributed by atoms with Gasteiger partial charge in [-0.05, 0) is 42.6 Å². The second kappa shape index (κ2) is 4.67. The van der Waals surface area contributed by atoms with Crippen LogP contribution in [-0.4, -0.2) is 11.8 Å². The number of nitriles is 1. The molecular weight excluding hydrogens is 300 g/mol. The second-order valence-electron chi connectivity index (χ2n) is 7.19. The van der Waals surface area contributed by atoms with Crippen molar-refractivity contribution in [3.63, 3.8) is 0 Å². The standard InChI is InChI=1S/C20H16N2O2/c21-10-15-14-4-2-1-3-11(14)7-8-16(15)22-19(23)17-12-5-6-13(9-12)18(17)20(22)24/h1-4,7-8,12-13,17-18H,5-6,9H2. The molecule has 2 amide bonds. The molecule has 1 aliphatic heterocycles. The summed E-state index contributed by atoms with van der Waals surface area (Å²) in [4.78, 5) is 27.3. The molecule has 0 N–H and O–H groups in total. The third-order valence-electron chi connectivity index (χ3n) is 6.19. The van der Waals surface area contributed by atoms with Crippen molar-refractivity contribution in [1.82, 2.24) is 0 Å². The Morgan fingerprint density at radius 2 is 1.62 bits per heavy atom. The van der Waals surface area contributed by atoms with E-state index in [1.165, 1.54) is 4.90 Å². The number of hydrogen-bond donors (Lipinski definition) is 0. The molecule has 0 spiro atoms. The lowest BCUT2D eigenvalue weighted by Crippen LogP contribution is -2.33. The zero-order valence-electron chi connectivity index (χ0n) is 13.1. The molecule has 24 heavy (non-hydrogen) atoms. The molecule has 3 aliphatic rings. The first-order valence-electron chi connectivity index (χ1n) is 8.50. The summed E-state index contributed by atoms with van der Waals surface area (Å²) < 4.78 is 0. The molecule has 3 fully saturated rings. The smallest absolute Gasteiger partial charge is 0.238 e. The van der Waals surface area contributed by atoms with Gasteiger partial charge < -0.3 is 0 Å². The van der Waals surface area contributed by atoms with Gasteiger partial charge in [0, 0.05) is 5.39 Å². The fourth-order valence-corrected chi connectivity index (χ4v) is 5.21. The number of amides is 2. The Balaban J connectivity index is 1.67. The second-order valence-corrected chi connectivity index (χ2v) is 7.19. The van der Waals surface area contributed by atoms with Crippen LogP contribution in [0.4, 0.5) is 5.69 Å². The van der Waals surface area contributed by atoms with Crippen LogP contribution in [0.2, 0.25) is 0 Å². The fourth-order valence-electron chi connectivity index (χ4n) is 5.21. The molecule has 4 nitrogen and oxygen atoms in total. The zero-order valence-corrected chi connectivity index (χ0v) is 13.1. The van der Waals surface area contributed by atoms with Gasteiger partial charge in [0.15, 0.2) is 0 Å². The zero-order chi connectivity index (χ0) is 16.4. The van der Waals surface area contributed by atoms with Crippen molar-refractivity contribution < 1.29 is 9.59 Å². The lowest BCUT2D eigenvalue weighted by Gasteiger charge is -2.19. The first-order chi connectivity index (χ1) is 11.7. The third kappa shape index (κ3) is 1.57. The van der Waals surface area contributed by atoms with Crippen molar-refractivity contribution in [3.8, 4) is 6.07 Å². The van der Waals surface area contributed by atoms with E-state index in [1.54, 1.807) is 6.07 Å². The number of rotatable bonds is 1. The molecule has 2 saturated carbocycles. The first kappa shape index (κ1) is 13.7. The molecule has 0 aromatic heterocycles. The van der Waals surface area contributed by atoms with Gasteiger partial charge >= 0.3 is 0 Å². The summed E-state index contributed by atoms with van der Waals surface area (Å²) in [5, 5.41) is 11.4. The highest BCUT2D eigenvalue weighted by Crippen LogP contribution is 2.56. The number of anilines is 1. The molecule has 0 radical (unpaired) electrons. The average Bonchev–Trinajstić information content (AvgIpc) is 3.28. The predicted molar refractivity (Wildman–Crippen MR) is 89.0 cm³/mol. The largest absolute Gasteiger partial charge is 0.274 e. The van der Waals surface area contributed by atoms with Crippen LogP contribution in [0.15, 0.2) is 36.4 Å². The number of carbonyl (C=O) groups is 2. The van der Waals surface area contributed by atoms with Crippen LogP contribution < -0.4 is 4.90 Å². The SMILES string of the molecule is N#Cc1c(N2C(=O)C3C4CCC(C4)C3C2=O)ccc2ccccc12. The average molecular weight is 316 g/mol. The first-order valence-corrected chi connectivity index (χ1v) is 8.50. The summed E-state index contributed by atoms with van der Waals surface area (Å²) in [7, 11) is 0. The summed E-state index contributed by atoms with van der Waals surface area (Å²) in [6.45, 7) is 0. The van der Waals surface area contributed by atoms with Gasteiger partial charge in [0.1, 0.15) is 6.07 Å². The van der Waals surface area contributed by atoms with Crippen LogP contribution in [0, 0.1) is 35.0 Å². The summed E-state index contributed by atoms with van der Waals surface area (Å²) in [5.41, 5.74) is 0.877. The van der Waals surface area contributed by atoms with Crippen molar-refractivity contribution in [3.05, 3.63) is 42.0 Å². The Kier molecular flexibility index (Phi) is 2.67. The molecule has 2 bridgehead atoms. The number of imide groups is 1. The van der Waals surface area contributed by atoms with E-state index in [0.717, 1.165) is 30.0 Å². The van der Waals surface area contributed by atoms with E-state index in [-0.39, 0.29) is 23.7 Å². The highest BCUT2D eigenvalue weighted by molar-refractivity contribution is 6.23. The van der Waals surface area contributed by atoms with Gasteiger partial charge in [0.05, 0.1) is 23.1 Å². The van der Waals surface area contributed by atoms with E-state index in [2.05, 4.69) is 6.07 Å². The molecule has 118 valence electrons. The van der Waals surface area contributed by atoms with Crippen LogP contribution in [-0.2, 0) is 9.59 Å². The molecule has 4 unspecified atom stereocenters. The maximum atomic E-state index is 13.0. The number of carbonyl (C=O) groups excluding carboxylic acids is 2. The van der Waals surface area contributed by atoms with Crippen molar-refractivity contribution in [2.75, 3.05) is 4.90 Å². The highest BCUT2D eigenvalue weighted by atomic mass is 16.2. The van der Waals surface area contributed by atoms with Crippen LogP contribution in [0.3, 0.4) is 0 Å². The van der Waals surface area contributed by atoms with Gasteiger partial charge in [0.25, 0.3) is 0 Å². The van der Waals surface area contributed by atoms with Crippen LogP contribution in [0.25, 0.3) is 10.8 Å². The normalized spacial score (nSPS) is 30.9. The van der Waals surface area contributed by atoms with Gasteiger partial charge in [0.2, 0.25) is 11.8 Å². The van der Waals surface area contributed by atoms with Crippen LogP contribution in [0.5, 0.6) is 0 Å². The Hall–Kier alpha value is -2.67. The van der Waals surface area contributed by atoms with Gasteiger partial charge in [-0.2, -0.15) is 5.26 Å². The minimum atomic E-state index is -0.158. The molecule has 2 aliphatic carbocycles. The number of benzene rings is 2. The summed E-state index contributed by atoms with van der Waals surface area (Å²) in [5.74, 6) is 0.205. The molecule has 1 saturated heterocycles. The quantitative estimate of drug-likeness (QED) is 0.759. The maximum absolute atomic E-state index is 13.0. The Morgan fingerprint density at radius 1 is 0.958 bits per heavy atom. The van der Waals surface area contributed by atoms with Gasteiger partial charge in [-0.1, -0.05) is 30.3 Å². The monoisotopic (exact) mass is 316 g/mol. The van der Waals surface area contributed by atoms with Crippen LogP contribution >= 0.6 is 0 Å². The molecular formula is C20H16N2O2. The topological polar surface area (TPSA) is 61.2 Å². The summed E-state index contributed by atoms with van der Waals surface area (Å²) >= 11 is 0. The summed E-state index contributed by atoms with van der Waals surface area (Å²) in [6, 6.07) is 13.4. The molecule has 2 aromatic rings. The molecule has 5 rings (SSSR count). The minimum absolute atomic E-state index is 0.0935. The third-order valence-corrected chi connectivity index (χ3v) is 6.19. The number of hydrogen-bond acceptors (Lipinski definition) is 3. The van der Waals surface area contributed by atoms with Crippen molar-refractivity contribution in [1.29, 1.82) is 5.26 Å². The van der Waals surface area contributed by atoms with Crippen molar-refractivity contribution >= 4 is 28.3 Å². The minimum Gasteiger partial charge on any atom is -0.274 e. The molecule has 2 aromatic carbocycles. The van der Waals surface area contributed by atoms with E-state index < -0.39 is 0 Å². The predicted octanol–water partition coefficient (Wildman–Crippen LogP) is 3.25. The maximum Gasteiger partial charge on any atom is 0.238 e. The van der Waals surface area contributed by atoms with Crippen molar-refractivity contribution in [2.45, 2.75) is 19.3 Å². The van der Waals surface area contributed by atoms with Gasteiger partial charge in [-0.3, -0.25) is 9.59 Å². The van der Waals surface area contributed by atoms with E-state index in [0.29, 0.717) is 23.1 Å². The lowest BCUT2D eigenvalue weighted by atomic mass is 9.81. The molecule has 4 heteroatoms. The van der Waals surface area contributed by atoms with Gasteiger partial charge in [-0.25, -0.2) is 4.90 Å². The Morgan fingerprint density at radius 3 is 2.29 bits per heavy atom. The van der Waals surface area contributed by atoms with Crippen LogP contribution in [0.1, 0.15) is 24.8 Å². The number of nitrogens with zero attached hydrogens (tertiary/aromatic N) is 2. The molecule has 4 atom stereocenters. The van der Waals surface area contributed by atoms with E-state index in [4.69, 9.17) is 0 Å². The Labute approximate surface area is 139 Å². The van der Waals surface area contributed by atoms with Crippen molar-refractivity contribution in [2.24, 2.45) is 23.7 Å². The number of fused-ring (bicyclic) bond motifs is 6. The highest BCUT2D eigenvalue weighted by Gasteiger charge is 2.61. The Bertz CT molecular complexity index is 914.